The predicted octanol–water partition coefficient (Wildman–Crippen LogP) is 1.58. The summed E-state index contributed by atoms with van der Waals surface area (Å²) in [5, 5.41) is 2.06. The second-order valence-electron chi connectivity index (χ2n) is 4.92. The van der Waals surface area contributed by atoms with E-state index < -0.39 is 24.4 Å². The zero-order valence-electron chi connectivity index (χ0n) is 12.9. The second-order valence-corrected chi connectivity index (χ2v) is 4.92. The molecule has 3 aromatic rings. The van der Waals surface area contributed by atoms with Gasteiger partial charge in [-0.3, -0.25) is 19.5 Å². The van der Waals surface area contributed by atoms with Gasteiger partial charge in [0.25, 0.3) is 11.8 Å². The molecule has 8 nitrogen and oxygen atoms in total. The molecule has 0 fully saturated rings. The van der Waals surface area contributed by atoms with Gasteiger partial charge in [0.2, 0.25) is 0 Å². The summed E-state index contributed by atoms with van der Waals surface area (Å²) in [6.45, 7) is -0.606. The highest BCUT2D eigenvalue weighted by Gasteiger charge is 2.18. The summed E-state index contributed by atoms with van der Waals surface area (Å²) in [5.74, 6) is -2.22. The van der Waals surface area contributed by atoms with E-state index in [0.717, 1.165) is 5.69 Å². The summed E-state index contributed by atoms with van der Waals surface area (Å²) in [6.07, 6.45) is 4.11. The Hall–Kier alpha value is -3.68. The number of benzene rings is 1. The number of aromatic nitrogens is 2. The van der Waals surface area contributed by atoms with Crippen molar-refractivity contribution in [2.75, 3.05) is 6.61 Å². The van der Waals surface area contributed by atoms with Crippen LogP contribution in [0.1, 0.15) is 21.0 Å². The molecule has 1 N–H and O–H groups in total. The van der Waals surface area contributed by atoms with E-state index in [4.69, 9.17) is 9.15 Å². The lowest BCUT2D eigenvalue weighted by Gasteiger charge is -2.08. The molecule has 0 saturated carbocycles. The van der Waals surface area contributed by atoms with Gasteiger partial charge in [-0.1, -0.05) is 18.2 Å². The van der Waals surface area contributed by atoms with Crippen molar-refractivity contribution < 1.29 is 23.5 Å². The Morgan fingerprint density at radius 3 is 2.64 bits per heavy atom. The van der Waals surface area contributed by atoms with Gasteiger partial charge in [-0.15, -0.1) is 0 Å². The quantitative estimate of drug-likeness (QED) is 0.708. The molecule has 8 heteroatoms. The van der Waals surface area contributed by atoms with E-state index in [0.29, 0.717) is 0 Å². The lowest BCUT2D eigenvalue weighted by Crippen LogP contribution is -2.34. The molecule has 0 unspecified atom stereocenters. The summed E-state index contributed by atoms with van der Waals surface area (Å²) in [5.41, 5.74) is 0.890. The van der Waals surface area contributed by atoms with Gasteiger partial charge in [0.1, 0.15) is 0 Å². The van der Waals surface area contributed by atoms with E-state index in [1.807, 2.05) is 18.2 Å². The molecule has 2 heterocycles. The first-order valence-corrected chi connectivity index (χ1v) is 7.28. The molecule has 2 amide bonds. The Morgan fingerprint density at radius 1 is 1.12 bits per heavy atom. The fraction of sp³-hybridized carbons (Fsp3) is 0.0588. The first kappa shape index (κ1) is 16.2. The Bertz CT molecular complexity index is 884. The lowest BCUT2D eigenvalue weighted by molar-refractivity contribution is -0.123. The number of para-hydroxylation sites is 1. The van der Waals surface area contributed by atoms with Gasteiger partial charge in [0.05, 0.1) is 18.8 Å². The average molecular weight is 339 g/mol. The third-order valence-electron chi connectivity index (χ3n) is 3.21. The molecule has 0 spiro atoms. The molecule has 25 heavy (non-hydrogen) atoms. The number of carbonyl (C=O) groups excluding carboxylic acids is 3. The van der Waals surface area contributed by atoms with Crippen molar-refractivity contribution in [2.24, 2.45) is 0 Å². The van der Waals surface area contributed by atoms with Crippen molar-refractivity contribution in [1.82, 2.24) is 14.9 Å². The van der Waals surface area contributed by atoms with Crippen LogP contribution in [0.25, 0.3) is 5.69 Å². The Kier molecular flexibility index (Phi) is 4.70. The molecule has 2 aromatic heterocycles. The van der Waals surface area contributed by atoms with Crippen molar-refractivity contribution in [3.63, 3.8) is 0 Å². The van der Waals surface area contributed by atoms with E-state index >= 15 is 0 Å². The first-order chi connectivity index (χ1) is 12.1. The number of imidazole rings is 1. The van der Waals surface area contributed by atoms with Gasteiger partial charge < -0.3 is 9.15 Å². The van der Waals surface area contributed by atoms with E-state index in [2.05, 4.69) is 10.3 Å². The number of nitrogens with one attached hydrogen (secondary N) is 1. The highest BCUT2D eigenvalue weighted by molar-refractivity contribution is 6.04. The number of furan rings is 1. The van der Waals surface area contributed by atoms with Crippen molar-refractivity contribution in [2.45, 2.75) is 0 Å². The number of ether oxygens (including phenoxy) is 1. The minimum absolute atomic E-state index is 0.0122. The highest BCUT2D eigenvalue weighted by Crippen LogP contribution is 2.11. The maximum atomic E-state index is 12.2. The third kappa shape index (κ3) is 3.81. The molecule has 0 atom stereocenters. The monoisotopic (exact) mass is 339 g/mol. The van der Waals surface area contributed by atoms with Crippen LogP contribution >= 0.6 is 0 Å². The zero-order chi connectivity index (χ0) is 17.6. The molecule has 0 aliphatic heterocycles. The van der Waals surface area contributed by atoms with E-state index in [1.54, 1.807) is 12.1 Å². The average Bonchev–Trinajstić information content (AvgIpc) is 3.31. The fourth-order valence-electron chi connectivity index (χ4n) is 2.08. The van der Waals surface area contributed by atoms with Crippen LogP contribution in [0.3, 0.4) is 0 Å². The normalized spacial score (nSPS) is 10.2. The molecule has 0 radical (unpaired) electrons. The summed E-state index contributed by atoms with van der Waals surface area (Å²) in [7, 11) is 0. The van der Waals surface area contributed by atoms with Crippen LogP contribution in [0, 0.1) is 0 Å². The number of amides is 2. The minimum Gasteiger partial charge on any atom is -0.459 e. The molecular formula is C17H13N3O5. The minimum atomic E-state index is -0.763. The highest BCUT2D eigenvalue weighted by atomic mass is 16.5. The largest absolute Gasteiger partial charge is 0.459 e. The van der Waals surface area contributed by atoms with Crippen molar-refractivity contribution in [3.8, 4) is 5.69 Å². The zero-order valence-corrected chi connectivity index (χ0v) is 12.9. The van der Waals surface area contributed by atoms with Gasteiger partial charge in [-0.2, -0.15) is 0 Å². The van der Waals surface area contributed by atoms with Crippen LogP contribution in [0.5, 0.6) is 0 Å². The Labute approximate surface area is 142 Å². The van der Waals surface area contributed by atoms with Crippen LogP contribution < -0.4 is 5.32 Å². The van der Waals surface area contributed by atoms with Crippen molar-refractivity contribution in [1.29, 1.82) is 0 Å². The summed E-state index contributed by atoms with van der Waals surface area (Å²) >= 11 is 0. The third-order valence-corrected chi connectivity index (χ3v) is 3.21. The molecule has 0 bridgehead atoms. The molecule has 0 aliphatic rings. The number of hydrogen-bond acceptors (Lipinski definition) is 6. The molecule has 1 aromatic carbocycles. The molecular weight excluding hydrogens is 326 g/mol. The van der Waals surface area contributed by atoms with Crippen LogP contribution in [0.2, 0.25) is 0 Å². The summed E-state index contributed by atoms with van der Waals surface area (Å²) in [6, 6.07) is 12.0. The molecule has 0 saturated heterocycles. The maximum Gasteiger partial charge on any atom is 0.357 e. The Balaban J connectivity index is 1.59. The van der Waals surface area contributed by atoms with Gasteiger partial charge >= 0.3 is 5.97 Å². The predicted molar refractivity (Wildman–Crippen MR) is 85.0 cm³/mol. The van der Waals surface area contributed by atoms with E-state index in [9.17, 15) is 14.4 Å². The SMILES string of the molecule is O=C(COC(=O)c1cncn1-c1ccccc1)NC(=O)c1ccco1. The van der Waals surface area contributed by atoms with Gasteiger partial charge in [0, 0.05) is 5.69 Å². The molecule has 0 aliphatic carbocycles. The van der Waals surface area contributed by atoms with Crippen LogP contribution in [-0.2, 0) is 9.53 Å². The smallest absolute Gasteiger partial charge is 0.357 e. The number of rotatable bonds is 5. The van der Waals surface area contributed by atoms with Crippen molar-refractivity contribution in [3.05, 3.63) is 72.7 Å². The van der Waals surface area contributed by atoms with Gasteiger partial charge in [-0.05, 0) is 24.3 Å². The second kappa shape index (κ2) is 7.26. The first-order valence-electron chi connectivity index (χ1n) is 7.28. The van der Waals surface area contributed by atoms with Crippen LogP contribution in [0.4, 0.5) is 0 Å². The number of nitrogens with zero attached hydrogens (tertiary/aromatic N) is 2. The summed E-state index contributed by atoms with van der Waals surface area (Å²) < 4.78 is 11.3. The molecule has 126 valence electrons. The standard InChI is InChI=1S/C17H13N3O5/c21-15(19-16(22)14-7-4-8-24-14)10-25-17(23)13-9-18-11-20(13)12-5-2-1-3-6-12/h1-9,11H,10H2,(H,19,21,22). The molecule has 3 rings (SSSR count). The van der Waals surface area contributed by atoms with Gasteiger partial charge in [-0.25, -0.2) is 9.78 Å². The summed E-state index contributed by atoms with van der Waals surface area (Å²) in [4.78, 5) is 39.4. The van der Waals surface area contributed by atoms with E-state index in [1.165, 1.54) is 35.5 Å². The lowest BCUT2D eigenvalue weighted by atomic mass is 10.3. The fourth-order valence-corrected chi connectivity index (χ4v) is 2.08. The number of esters is 1. The topological polar surface area (TPSA) is 103 Å². The van der Waals surface area contributed by atoms with Crippen LogP contribution in [0.15, 0.2) is 65.7 Å². The maximum absolute atomic E-state index is 12.2. The number of carbonyl (C=O) groups is 3. The van der Waals surface area contributed by atoms with Gasteiger partial charge in [0.15, 0.2) is 18.1 Å². The number of hydrogen-bond donors (Lipinski definition) is 1. The van der Waals surface area contributed by atoms with E-state index in [-0.39, 0.29) is 11.5 Å². The van der Waals surface area contributed by atoms with Crippen LogP contribution in [-0.4, -0.2) is 33.9 Å². The number of imide groups is 1. The Morgan fingerprint density at radius 2 is 1.92 bits per heavy atom. The van der Waals surface area contributed by atoms with Crippen molar-refractivity contribution >= 4 is 17.8 Å².